The van der Waals surface area contributed by atoms with Gasteiger partial charge in [0.05, 0.1) is 0 Å². The summed E-state index contributed by atoms with van der Waals surface area (Å²) >= 11 is 0. The molecule has 0 bridgehead atoms. The van der Waals surface area contributed by atoms with Crippen LogP contribution in [0.1, 0.15) is 53.4 Å². The molecule has 1 saturated carbocycles. The third-order valence-corrected chi connectivity index (χ3v) is 3.87. The molecule has 0 saturated heterocycles. The molecule has 0 N–H and O–H groups in total. The van der Waals surface area contributed by atoms with Gasteiger partial charge in [-0.25, -0.2) is 0 Å². The van der Waals surface area contributed by atoms with E-state index in [1.165, 1.54) is 25.7 Å². The molecule has 0 aromatic heterocycles. The van der Waals surface area contributed by atoms with E-state index in [4.69, 9.17) is 0 Å². The van der Waals surface area contributed by atoms with Crippen LogP contribution in [-0.4, -0.2) is 0 Å². The van der Waals surface area contributed by atoms with Gasteiger partial charge in [0.15, 0.2) is 0 Å². The normalized spacial score (nSPS) is 39.8. The van der Waals surface area contributed by atoms with E-state index in [9.17, 15) is 0 Å². The fourth-order valence-electron chi connectivity index (χ4n) is 2.80. The lowest BCUT2D eigenvalue weighted by atomic mass is 9.55. The Bertz CT molecular complexity index is 120. The summed E-state index contributed by atoms with van der Waals surface area (Å²) in [6, 6.07) is 0. The minimum absolute atomic E-state index is 0.744. The van der Waals surface area contributed by atoms with Crippen LogP contribution in [0.3, 0.4) is 0 Å². The van der Waals surface area contributed by atoms with Gasteiger partial charge in [-0.3, -0.25) is 0 Å². The predicted octanol–water partition coefficient (Wildman–Crippen LogP) is 3.86. The molecule has 0 aromatic rings. The summed E-state index contributed by atoms with van der Waals surface area (Å²) in [5.74, 6) is 1.95. The SMILES string of the molecule is CCC(C)C1(CC)CC(C)C1. The van der Waals surface area contributed by atoms with E-state index in [-0.39, 0.29) is 0 Å². The Labute approximate surface area is 71.4 Å². The van der Waals surface area contributed by atoms with Crippen molar-refractivity contribution in [1.29, 1.82) is 0 Å². The van der Waals surface area contributed by atoms with Crippen molar-refractivity contribution in [2.24, 2.45) is 17.3 Å². The quantitative estimate of drug-likeness (QED) is 0.579. The Morgan fingerprint density at radius 3 is 2.18 bits per heavy atom. The molecule has 1 aliphatic rings. The zero-order chi connectivity index (χ0) is 8.48. The maximum absolute atomic E-state index is 2.43. The van der Waals surface area contributed by atoms with E-state index in [2.05, 4.69) is 27.7 Å². The van der Waals surface area contributed by atoms with Crippen LogP contribution in [0.5, 0.6) is 0 Å². The first-order valence-corrected chi connectivity index (χ1v) is 5.14. The van der Waals surface area contributed by atoms with Crippen LogP contribution in [0.4, 0.5) is 0 Å². The average Bonchev–Trinajstić information content (AvgIpc) is 1.96. The van der Waals surface area contributed by atoms with Crippen molar-refractivity contribution in [3.8, 4) is 0 Å². The molecule has 1 rings (SSSR count). The first-order chi connectivity index (χ1) is 5.14. The number of rotatable bonds is 3. The molecule has 0 aliphatic heterocycles. The predicted molar refractivity (Wildman–Crippen MR) is 50.6 cm³/mol. The Balaban J connectivity index is 2.49. The molecule has 0 amide bonds. The van der Waals surface area contributed by atoms with E-state index >= 15 is 0 Å². The van der Waals surface area contributed by atoms with E-state index in [1.807, 2.05) is 0 Å². The lowest BCUT2D eigenvalue weighted by molar-refractivity contribution is 0.00137. The molecule has 1 fully saturated rings. The van der Waals surface area contributed by atoms with Crippen molar-refractivity contribution >= 4 is 0 Å². The molecule has 0 spiro atoms. The Hall–Kier alpha value is 0. The summed E-state index contributed by atoms with van der Waals surface area (Å²) in [4.78, 5) is 0. The molecule has 1 unspecified atom stereocenters. The molecule has 0 heterocycles. The van der Waals surface area contributed by atoms with E-state index in [0.29, 0.717) is 0 Å². The maximum atomic E-state index is 2.43. The minimum Gasteiger partial charge on any atom is -0.0651 e. The highest BCUT2D eigenvalue weighted by molar-refractivity contribution is 4.93. The standard InChI is InChI=1S/C11H22/c1-5-10(4)11(6-2)7-9(3)8-11/h9-10H,5-8H2,1-4H3. The van der Waals surface area contributed by atoms with Crippen molar-refractivity contribution in [2.45, 2.75) is 53.4 Å². The van der Waals surface area contributed by atoms with Gasteiger partial charge < -0.3 is 0 Å². The van der Waals surface area contributed by atoms with Crippen molar-refractivity contribution < 1.29 is 0 Å². The highest BCUT2D eigenvalue weighted by atomic mass is 14.5. The van der Waals surface area contributed by atoms with Crippen LogP contribution >= 0.6 is 0 Å². The van der Waals surface area contributed by atoms with Gasteiger partial charge in [0.1, 0.15) is 0 Å². The van der Waals surface area contributed by atoms with Gasteiger partial charge in [0.2, 0.25) is 0 Å². The fraction of sp³-hybridized carbons (Fsp3) is 1.00. The van der Waals surface area contributed by atoms with Gasteiger partial charge in [-0.15, -0.1) is 0 Å². The topological polar surface area (TPSA) is 0 Å². The second-order valence-electron chi connectivity index (χ2n) is 4.54. The molecule has 0 nitrogen and oxygen atoms in total. The van der Waals surface area contributed by atoms with Gasteiger partial charge in [0.25, 0.3) is 0 Å². The van der Waals surface area contributed by atoms with E-state index in [1.54, 1.807) is 0 Å². The van der Waals surface area contributed by atoms with Crippen molar-refractivity contribution in [3.05, 3.63) is 0 Å². The lowest BCUT2D eigenvalue weighted by Crippen LogP contribution is -2.40. The monoisotopic (exact) mass is 154 g/mol. The summed E-state index contributed by atoms with van der Waals surface area (Å²) in [6.45, 7) is 9.49. The van der Waals surface area contributed by atoms with Crippen LogP contribution < -0.4 is 0 Å². The third kappa shape index (κ3) is 1.45. The van der Waals surface area contributed by atoms with Gasteiger partial charge in [0, 0.05) is 0 Å². The summed E-state index contributed by atoms with van der Waals surface area (Å²) in [5, 5.41) is 0. The summed E-state index contributed by atoms with van der Waals surface area (Å²) in [5.41, 5.74) is 0.744. The summed E-state index contributed by atoms with van der Waals surface area (Å²) in [7, 11) is 0. The Morgan fingerprint density at radius 2 is 1.91 bits per heavy atom. The van der Waals surface area contributed by atoms with Crippen molar-refractivity contribution in [2.75, 3.05) is 0 Å². The van der Waals surface area contributed by atoms with Crippen LogP contribution in [0.2, 0.25) is 0 Å². The van der Waals surface area contributed by atoms with Crippen LogP contribution in [-0.2, 0) is 0 Å². The van der Waals surface area contributed by atoms with Gasteiger partial charge in [-0.05, 0) is 30.1 Å². The third-order valence-electron chi connectivity index (χ3n) is 3.87. The maximum Gasteiger partial charge on any atom is -0.0269 e. The molecule has 11 heavy (non-hydrogen) atoms. The molecule has 1 aliphatic carbocycles. The number of hydrogen-bond donors (Lipinski definition) is 0. The van der Waals surface area contributed by atoms with Crippen molar-refractivity contribution in [1.82, 2.24) is 0 Å². The summed E-state index contributed by atoms with van der Waals surface area (Å²) < 4.78 is 0. The Morgan fingerprint density at radius 1 is 1.36 bits per heavy atom. The highest BCUT2D eigenvalue weighted by Gasteiger charge is 2.43. The first-order valence-electron chi connectivity index (χ1n) is 5.14. The zero-order valence-electron chi connectivity index (χ0n) is 8.48. The molecule has 1 atom stereocenters. The second kappa shape index (κ2) is 3.16. The minimum atomic E-state index is 0.744. The van der Waals surface area contributed by atoms with Crippen LogP contribution in [0, 0.1) is 17.3 Å². The summed E-state index contributed by atoms with van der Waals surface area (Å²) in [6.07, 6.45) is 5.73. The Kier molecular flexibility index (Phi) is 2.61. The second-order valence-corrected chi connectivity index (χ2v) is 4.54. The molecular formula is C11H22. The van der Waals surface area contributed by atoms with Gasteiger partial charge in [-0.2, -0.15) is 0 Å². The first kappa shape index (κ1) is 9.09. The smallest absolute Gasteiger partial charge is 0.0269 e. The van der Waals surface area contributed by atoms with E-state index in [0.717, 1.165) is 17.3 Å². The molecule has 0 heteroatoms. The van der Waals surface area contributed by atoms with Crippen LogP contribution in [0.25, 0.3) is 0 Å². The van der Waals surface area contributed by atoms with Crippen molar-refractivity contribution in [3.63, 3.8) is 0 Å². The fourth-order valence-corrected chi connectivity index (χ4v) is 2.80. The molecule has 0 radical (unpaired) electrons. The van der Waals surface area contributed by atoms with E-state index < -0.39 is 0 Å². The molecule has 66 valence electrons. The van der Waals surface area contributed by atoms with Gasteiger partial charge >= 0.3 is 0 Å². The molecule has 0 aromatic carbocycles. The highest BCUT2D eigenvalue weighted by Crippen LogP contribution is 2.53. The lowest BCUT2D eigenvalue weighted by Gasteiger charge is -2.50. The largest absolute Gasteiger partial charge is 0.0651 e. The van der Waals surface area contributed by atoms with Crippen LogP contribution in [0.15, 0.2) is 0 Å². The van der Waals surface area contributed by atoms with Gasteiger partial charge in [-0.1, -0.05) is 40.5 Å². The zero-order valence-corrected chi connectivity index (χ0v) is 8.48. The number of hydrogen-bond acceptors (Lipinski definition) is 0. The molecular weight excluding hydrogens is 132 g/mol. The average molecular weight is 154 g/mol.